The highest BCUT2D eigenvalue weighted by molar-refractivity contribution is 6.30. The Morgan fingerprint density at radius 3 is 2.53 bits per heavy atom. The van der Waals surface area contributed by atoms with Crippen LogP contribution in [0.4, 0.5) is 24.9 Å². The highest BCUT2D eigenvalue weighted by Crippen LogP contribution is 2.46. The number of anilines is 2. The molecule has 1 spiro atoms. The van der Waals surface area contributed by atoms with E-state index in [4.69, 9.17) is 22.1 Å². The van der Waals surface area contributed by atoms with Gasteiger partial charge < -0.3 is 25.8 Å². The number of carboxylic acids is 1. The first-order valence-electron chi connectivity index (χ1n) is 16.3. The second kappa shape index (κ2) is 14.7. The number of halogens is 4. The van der Waals surface area contributed by atoms with Crippen LogP contribution in [0.5, 0.6) is 5.88 Å². The van der Waals surface area contributed by atoms with E-state index in [-0.39, 0.29) is 39.6 Å². The molecule has 2 saturated heterocycles. The molecular weight excluding hydrogens is 635 g/mol. The van der Waals surface area contributed by atoms with Crippen molar-refractivity contribution in [1.82, 2.24) is 25.1 Å². The van der Waals surface area contributed by atoms with Crippen LogP contribution in [-0.4, -0.2) is 62.2 Å². The van der Waals surface area contributed by atoms with Crippen LogP contribution in [0, 0.1) is 12.3 Å². The Bertz CT molecular complexity index is 1530. The highest BCUT2D eigenvalue weighted by atomic mass is 35.5. The topological polar surface area (TPSA) is 131 Å². The molecule has 3 atom stereocenters. The van der Waals surface area contributed by atoms with Gasteiger partial charge in [0.05, 0.1) is 11.4 Å². The van der Waals surface area contributed by atoms with Crippen molar-refractivity contribution in [1.29, 1.82) is 0 Å². The molecule has 2 unspecified atom stereocenters. The maximum atomic E-state index is 14.6. The monoisotopic (exact) mass is 677 g/mol. The maximum Gasteiger partial charge on any atom is 0.429 e. The van der Waals surface area contributed by atoms with E-state index in [0.717, 1.165) is 19.3 Å². The molecule has 1 aromatic carbocycles. The zero-order valence-corrected chi connectivity index (χ0v) is 27.5. The number of aryl methyl sites for hydroxylation is 1. The van der Waals surface area contributed by atoms with Gasteiger partial charge in [0.25, 0.3) is 0 Å². The number of ether oxygens (including phenoxy) is 1. The molecule has 0 radical (unpaired) electrons. The number of carbonyl (C=O) groups is 1. The predicted molar refractivity (Wildman–Crippen MR) is 174 cm³/mol. The average molecular weight is 678 g/mol. The quantitative estimate of drug-likeness (QED) is 0.163. The van der Waals surface area contributed by atoms with Gasteiger partial charge in [-0.05, 0) is 56.2 Å². The Kier molecular flexibility index (Phi) is 10.8. The lowest BCUT2D eigenvalue weighted by Crippen LogP contribution is -2.46. The number of hydrogen-bond donors (Lipinski definition) is 3. The molecule has 2 aromatic heterocycles. The molecule has 0 aliphatic carbocycles. The third kappa shape index (κ3) is 8.29. The molecule has 2 aliphatic rings. The van der Waals surface area contributed by atoms with E-state index in [1.165, 1.54) is 54.6 Å². The van der Waals surface area contributed by atoms with Crippen molar-refractivity contribution in [2.75, 3.05) is 23.7 Å². The number of aliphatic carboxylic acids is 1. The van der Waals surface area contributed by atoms with Gasteiger partial charge >= 0.3 is 12.1 Å². The summed E-state index contributed by atoms with van der Waals surface area (Å²) >= 11 is 6.17. The predicted octanol–water partition coefficient (Wildman–Crippen LogP) is 7.04. The van der Waals surface area contributed by atoms with Crippen molar-refractivity contribution >= 4 is 29.3 Å². The van der Waals surface area contributed by atoms with E-state index in [9.17, 15) is 23.1 Å². The average Bonchev–Trinajstić information content (AvgIpc) is 3.61. The van der Waals surface area contributed by atoms with Crippen molar-refractivity contribution in [3.63, 3.8) is 0 Å². The zero-order chi connectivity index (χ0) is 33.8. The first-order chi connectivity index (χ1) is 22.4. The normalized spacial score (nSPS) is 20.1. The van der Waals surface area contributed by atoms with E-state index in [1.807, 2.05) is 4.90 Å². The number of benzene rings is 1. The van der Waals surface area contributed by atoms with Crippen LogP contribution in [-0.2, 0) is 4.79 Å². The summed E-state index contributed by atoms with van der Waals surface area (Å²) in [5.74, 6) is -1.02. The molecule has 5 rings (SSSR count). The highest BCUT2D eigenvalue weighted by Gasteiger charge is 2.50. The Balaban J connectivity index is 1.33. The molecule has 2 aliphatic heterocycles. The largest absolute Gasteiger partial charge is 0.480 e. The Morgan fingerprint density at radius 2 is 1.87 bits per heavy atom. The molecule has 3 aromatic rings. The summed E-state index contributed by atoms with van der Waals surface area (Å²) in [4.78, 5) is 22.2. The van der Waals surface area contributed by atoms with Crippen molar-refractivity contribution in [3.8, 4) is 11.6 Å². The second-order valence-corrected chi connectivity index (χ2v) is 13.2. The SMILES string of the molecule is CCCCCCCCC1NC(C(=O)O)CC12CCN(c1cc(O[C@H](c3ccc(Cl)cc3-n3ccc(C)n3)C(F)(F)F)nc(N)n1)CC2. The first-order valence-corrected chi connectivity index (χ1v) is 16.7. The van der Waals surface area contributed by atoms with Crippen LogP contribution in [0.3, 0.4) is 0 Å². The lowest BCUT2D eigenvalue weighted by molar-refractivity contribution is -0.198. The molecule has 0 amide bonds. The van der Waals surface area contributed by atoms with E-state index in [0.29, 0.717) is 43.9 Å². The summed E-state index contributed by atoms with van der Waals surface area (Å²) in [7, 11) is 0. The van der Waals surface area contributed by atoms with Crippen molar-refractivity contribution < 1.29 is 27.8 Å². The number of nitrogens with zero attached hydrogens (tertiary/aromatic N) is 5. The maximum absolute atomic E-state index is 14.6. The molecule has 4 N–H and O–H groups in total. The summed E-state index contributed by atoms with van der Waals surface area (Å²) in [6.07, 6.45) is 4.21. The minimum Gasteiger partial charge on any atom is -0.480 e. The van der Waals surface area contributed by atoms with Gasteiger partial charge in [-0.2, -0.15) is 28.2 Å². The van der Waals surface area contributed by atoms with E-state index in [2.05, 4.69) is 27.3 Å². The number of nitrogens with one attached hydrogen (secondary N) is 1. The Labute approximate surface area is 277 Å². The summed E-state index contributed by atoms with van der Waals surface area (Å²) < 4.78 is 50.7. The van der Waals surface area contributed by atoms with Crippen LogP contribution in [0.25, 0.3) is 5.69 Å². The molecule has 256 valence electrons. The molecular formula is C33H43ClF3N7O3. The molecule has 10 nitrogen and oxygen atoms in total. The lowest BCUT2D eigenvalue weighted by atomic mass is 9.70. The van der Waals surface area contributed by atoms with Crippen LogP contribution >= 0.6 is 11.6 Å². The summed E-state index contributed by atoms with van der Waals surface area (Å²) in [6, 6.07) is 6.59. The summed E-state index contributed by atoms with van der Waals surface area (Å²) in [5, 5.41) is 17.7. The number of piperidine rings is 1. The van der Waals surface area contributed by atoms with Crippen LogP contribution in [0.1, 0.15) is 88.5 Å². The van der Waals surface area contributed by atoms with Gasteiger partial charge in [0.2, 0.25) is 17.9 Å². The van der Waals surface area contributed by atoms with Gasteiger partial charge in [-0.1, -0.05) is 63.1 Å². The third-order valence-electron chi connectivity index (χ3n) is 9.47. The van der Waals surface area contributed by atoms with Gasteiger partial charge in [0.1, 0.15) is 11.9 Å². The fourth-order valence-electron chi connectivity index (χ4n) is 7.00. The van der Waals surface area contributed by atoms with Crippen molar-refractivity contribution in [3.05, 3.63) is 52.8 Å². The van der Waals surface area contributed by atoms with E-state index in [1.54, 1.807) is 19.2 Å². The lowest BCUT2D eigenvalue weighted by Gasteiger charge is -2.43. The smallest absolute Gasteiger partial charge is 0.429 e. The van der Waals surface area contributed by atoms with Crippen LogP contribution in [0.2, 0.25) is 5.02 Å². The van der Waals surface area contributed by atoms with Gasteiger partial charge in [-0.15, -0.1) is 0 Å². The molecule has 4 heterocycles. The van der Waals surface area contributed by atoms with Gasteiger partial charge in [-0.3, -0.25) is 4.79 Å². The minimum atomic E-state index is -4.82. The van der Waals surface area contributed by atoms with Gasteiger partial charge in [-0.25, -0.2) is 4.68 Å². The molecule has 0 saturated carbocycles. The number of rotatable bonds is 13. The molecule has 14 heteroatoms. The fourth-order valence-corrected chi connectivity index (χ4v) is 7.17. The molecule has 47 heavy (non-hydrogen) atoms. The van der Waals surface area contributed by atoms with E-state index < -0.39 is 24.3 Å². The van der Waals surface area contributed by atoms with Crippen molar-refractivity contribution in [2.45, 2.75) is 102 Å². The Hall–Kier alpha value is -3.58. The van der Waals surface area contributed by atoms with Gasteiger partial charge in [0, 0.05) is 42.0 Å². The minimum absolute atomic E-state index is 0.0889. The first kappa shape index (κ1) is 34.7. The van der Waals surface area contributed by atoms with Crippen LogP contribution in [0.15, 0.2) is 36.5 Å². The number of hydrogen-bond acceptors (Lipinski definition) is 8. The summed E-state index contributed by atoms with van der Waals surface area (Å²) in [5.41, 5.74) is 6.37. The number of nitrogens with two attached hydrogens (primary N) is 1. The third-order valence-corrected chi connectivity index (χ3v) is 9.70. The van der Waals surface area contributed by atoms with E-state index >= 15 is 0 Å². The summed E-state index contributed by atoms with van der Waals surface area (Å²) in [6.45, 7) is 5.00. The zero-order valence-electron chi connectivity index (χ0n) is 26.8. The molecule has 2 fully saturated rings. The number of carboxylic acid groups (broad SMARTS) is 1. The fraction of sp³-hybridized carbons (Fsp3) is 0.576. The number of unbranched alkanes of at least 4 members (excludes halogenated alkanes) is 5. The Morgan fingerprint density at radius 1 is 1.15 bits per heavy atom. The molecule has 0 bridgehead atoms. The van der Waals surface area contributed by atoms with Gasteiger partial charge in [0.15, 0.2) is 0 Å². The van der Waals surface area contributed by atoms with Crippen molar-refractivity contribution in [2.24, 2.45) is 5.41 Å². The standard InChI is InChI=1S/C33H43ClF3N7O3/c1-3-4-5-6-7-8-9-26-32(20-24(39-26)30(45)46)13-16-43(17-14-32)27-19-28(41-31(38)40-27)47-29(33(35,36)37)23-11-10-22(34)18-25(23)44-15-12-21(2)42-44/h10-12,15,18-19,24,26,29,39H,3-9,13-14,16-17,20H2,1-2H3,(H,45,46)(H2,38,40,41)/t24?,26?,29-/m1/s1. The number of aromatic nitrogens is 4. The van der Waals surface area contributed by atoms with Crippen LogP contribution < -0.4 is 20.7 Å². The number of nitrogen functional groups attached to an aromatic ring is 1. The number of alkyl halides is 3. The second-order valence-electron chi connectivity index (χ2n) is 12.8.